The molecule has 0 fully saturated rings. The fourth-order valence-corrected chi connectivity index (χ4v) is 8.73. The van der Waals surface area contributed by atoms with Crippen molar-refractivity contribution >= 4 is 39.0 Å². The highest BCUT2D eigenvalue weighted by Gasteiger charge is 2.52. The summed E-state index contributed by atoms with van der Waals surface area (Å²) in [7, 11) is 0. The highest BCUT2D eigenvalue weighted by molar-refractivity contribution is 6.13. The molecule has 0 N–H and O–H groups in total. The van der Waals surface area contributed by atoms with Crippen LogP contribution in [0.4, 0.5) is 17.1 Å². The van der Waals surface area contributed by atoms with Gasteiger partial charge in [-0.05, 0) is 120 Å². The summed E-state index contributed by atoms with van der Waals surface area (Å²) in [5.74, 6) is 0. The predicted molar refractivity (Wildman–Crippen MR) is 261 cm³/mol. The van der Waals surface area contributed by atoms with Crippen molar-refractivity contribution in [2.24, 2.45) is 0 Å². The molecule has 0 atom stereocenters. The van der Waals surface area contributed by atoms with Crippen LogP contribution in [0, 0.1) is 0 Å². The number of rotatable bonds is 6. The first-order chi connectivity index (χ1) is 44.5. The van der Waals surface area contributed by atoms with Crippen molar-refractivity contribution < 1.29 is 48.3 Å². The molecule has 1 heterocycles. The molecule has 2 nitrogen and oxygen atoms in total. The molecule has 0 radical (unpaired) electrons. The first-order valence-corrected chi connectivity index (χ1v) is 19.1. The average molecular weight is 834 g/mol. The van der Waals surface area contributed by atoms with Gasteiger partial charge >= 0.3 is 0 Å². The van der Waals surface area contributed by atoms with E-state index in [1.165, 1.54) is 6.07 Å². The van der Waals surface area contributed by atoms with E-state index in [2.05, 4.69) is 0 Å². The van der Waals surface area contributed by atoms with Gasteiger partial charge in [-0.25, -0.2) is 0 Å². The lowest BCUT2D eigenvalue weighted by Gasteiger charge is -2.30. The number of nitrogens with zero attached hydrogens (tertiary/aromatic N) is 1. The number of fused-ring (bicyclic) bond motifs is 13. The number of para-hydroxylation sites is 1. The van der Waals surface area contributed by atoms with Crippen LogP contribution in [0.15, 0.2) is 240 Å². The summed E-state index contributed by atoms with van der Waals surface area (Å²) in [6.45, 7) is 0. The molecule has 2 heteroatoms. The van der Waals surface area contributed by atoms with E-state index < -0.39 is 282 Å². The van der Waals surface area contributed by atoms with E-state index in [0.717, 1.165) is 41.3 Å². The van der Waals surface area contributed by atoms with Crippen molar-refractivity contribution in [2.45, 2.75) is 5.41 Å². The predicted octanol–water partition coefficient (Wildman–Crippen LogP) is 16.4. The van der Waals surface area contributed by atoms with Crippen molar-refractivity contribution in [3.63, 3.8) is 0 Å². The molecule has 10 aromatic carbocycles. The molecular formula is C61H39NO. The maximum atomic E-state index is 10.1. The zero-order valence-corrected chi connectivity index (χ0v) is 31.9. The van der Waals surface area contributed by atoms with Crippen molar-refractivity contribution in [2.75, 3.05) is 4.90 Å². The number of hydrogen-bond donors (Lipinski definition) is 0. The fourth-order valence-electron chi connectivity index (χ4n) is 8.73. The average Bonchev–Trinajstić information content (AvgIpc) is 1.45. The van der Waals surface area contributed by atoms with Crippen molar-refractivity contribution in [1.29, 1.82) is 0 Å². The lowest BCUT2D eigenvalue weighted by Crippen LogP contribution is -2.25. The molecule has 0 saturated heterocycles. The van der Waals surface area contributed by atoms with Gasteiger partial charge in [0.2, 0.25) is 0 Å². The topological polar surface area (TPSA) is 16.4 Å². The molecule has 0 bridgehead atoms. The lowest BCUT2D eigenvalue weighted by atomic mass is 9.70. The Bertz CT molecular complexity index is 5360. The van der Waals surface area contributed by atoms with E-state index in [-0.39, 0.29) is 33.3 Å². The second-order valence-corrected chi connectivity index (χ2v) is 14.3. The Morgan fingerprint density at radius 2 is 0.968 bits per heavy atom. The van der Waals surface area contributed by atoms with Gasteiger partial charge < -0.3 is 9.32 Å². The normalized spacial score (nSPS) is 20.0. The molecule has 1 spiro atoms. The smallest absolute Gasteiger partial charge is 0.137 e. The molecule has 0 aliphatic heterocycles. The van der Waals surface area contributed by atoms with Gasteiger partial charge in [0.1, 0.15) is 11.2 Å². The molecule has 0 unspecified atom stereocenters. The Balaban J connectivity index is 1.16. The summed E-state index contributed by atoms with van der Waals surface area (Å²) in [6, 6.07) is -19.1. The molecule has 2 aliphatic rings. The minimum absolute atomic E-state index is 0.121. The summed E-state index contributed by atoms with van der Waals surface area (Å²) >= 11 is 0. The first-order valence-electron chi connectivity index (χ1n) is 35.1. The van der Waals surface area contributed by atoms with Crippen LogP contribution in [0.25, 0.3) is 77.6 Å². The van der Waals surface area contributed by atoms with Crippen molar-refractivity contribution in [1.82, 2.24) is 0 Å². The summed E-state index contributed by atoms with van der Waals surface area (Å²) in [5.41, 5.74) is -12.5. The highest BCUT2D eigenvalue weighted by atomic mass is 16.3. The van der Waals surface area contributed by atoms with Gasteiger partial charge in [0.25, 0.3) is 0 Å². The van der Waals surface area contributed by atoms with Crippen LogP contribution >= 0.6 is 0 Å². The summed E-state index contributed by atoms with van der Waals surface area (Å²) in [6.07, 6.45) is 0. The van der Waals surface area contributed by atoms with Crippen LogP contribution in [0.3, 0.4) is 0 Å². The van der Waals surface area contributed by atoms with Gasteiger partial charge in [-0.3, -0.25) is 0 Å². The Kier molecular flexibility index (Phi) is 3.59. The molecule has 0 amide bonds. The minimum atomic E-state index is -2.67. The van der Waals surface area contributed by atoms with Crippen LogP contribution in [-0.4, -0.2) is 0 Å². The Labute approximate surface area is 411 Å². The van der Waals surface area contributed by atoms with Gasteiger partial charge in [0, 0.05) is 16.8 Å². The first kappa shape index (κ1) is 16.2. The van der Waals surface area contributed by atoms with E-state index in [9.17, 15) is 19.2 Å². The summed E-state index contributed by atoms with van der Waals surface area (Å²) < 4.78 is 300. The highest BCUT2D eigenvalue weighted by Crippen LogP contribution is 2.64. The second kappa shape index (κ2) is 13.9. The molecule has 11 aromatic rings. The fraction of sp³-hybridized carbons (Fsp3) is 0.0164. The zero-order chi connectivity index (χ0) is 69.3. The van der Waals surface area contributed by atoms with Crippen LogP contribution < -0.4 is 4.90 Å². The van der Waals surface area contributed by atoms with Crippen LogP contribution in [0.1, 0.15) is 66.1 Å². The standard InChI is InChI=1S/C61H39NO/c1-2-16-40(17-3-1)41-32-36-43(37-33-41)62(56-29-15-31-58-60(56)51-23-9-13-30-57(51)63-58)44-38-34-42(35-39-44)45-18-4-5-19-46(45)49-24-14-28-55-59(49)50-22-8-12-27-54(50)61(55)52-25-10-6-20-47(52)48-21-7-11-26-53(48)61/h1-39H/i1D,2D,3D,4D,5D,6D,7D,8D,9D,10D,11D,12D,13D,14D,15D,16D,17D,18D,20D,21D,22D,24D,25D,26D,27D,30D,31D,32D,34D,35D,38D,39D. The SMILES string of the molecule is [2H]c1cc(N(c2c([2H])c([2H])c(-c3c(-c4c([2H])c([2H])cc5c4-c4c([2H])c([2H])c([2H])c([2H])c4C54c5c([2H])c([2H])c([2H])c([2H])c5-c5c([2H])c([2H])c([2H])c([2H])c54)cc([2H])c([2H])c3[2H])c([2H])c2[2H])c2cc([2H])c([2H])c3oc4c([2H])c([2H])c([2H])cc4c23)ccc1-c1c([2H])c([2H])c([2H])c([2H])c1[2H]. The monoisotopic (exact) mass is 834 g/mol. The zero-order valence-electron chi connectivity index (χ0n) is 63.9. The molecule has 294 valence electrons. The van der Waals surface area contributed by atoms with E-state index >= 15 is 0 Å². The number of furan rings is 1. The van der Waals surface area contributed by atoms with Gasteiger partial charge in [-0.2, -0.15) is 0 Å². The molecule has 13 rings (SSSR count). The number of hydrogen-bond acceptors (Lipinski definition) is 2. The van der Waals surface area contributed by atoms with Gasteiger partial charge in [-0.15, -0.1) is 0 Å². The number of anilines is 3. The molecule has 63 heavy (non-hydrogen) atoms. The third kappa shape index (κ3) is 5.19. The molecule has 0 saturated carbocycles. The lowest BCUT2D eigenvalue weighted by molar-refractivity contribution is 0.669. The van der Waals surface area contributed by atoms with E-state index in [1.807, 2.05) is 0 Å². The van der Waals surface area contributed by atoms with Crippen LogP contribution in [-0.2, 0) is 5.41 Å². The second-order valence-electron chi connectivity index (χ2n) is 14.3. The molecular weight excluding hydrogens is 763 g/mol. The largest absolute Gasteiger partial charge is 0.456 e. The Hall–Kier alpha value is -8.20. The summed E-state index contributed by atoms with van der Waals surface area (Å²) in [4.78, 5) is 0.985. The van der Waals surface area contributed by atoms with Crippen molar-refractivity contribution in [3.05, 3.63) is 258 Å². The van der Waals surface area contributed by atoms with E-state index in [0.29, 0.717) is 0 Å². The number of benzene rings is 10. The maximum Gasteiger partial charge on any atom is 0.137 e. The van der Waals surface area contributed by atoms with E-state index in [4.69, 9.17) is 29.1 Å². The Morgan fingerprint density at radius 1 is 0.349 bits per heavy atom. The maximum absolute atomic E-state index is 10.1. The molecule has 1 aromatic heterocycles. The van der Waals surface area contributed by atoms with Crippen LogP contribution in [0.5, 0.6) is 0 Å². The molecule has 2 aliphatic carbocycles. The van der Waals surface area contributed by atoms with Gasteiger partial charge in [0.05, 0.1) is 60.4 Å². The van der Waals surface area contributed by atoms with Crippen LogP contribution in [0.2, 0.25) is 0 Å². The minimum Gasteiger partial charge on any atom is -0.456 e. The van der Waals surface area contributed by atoms with E-state index in [1.54, 1.807) is 0 Å². The third-order valence-electron chi connectivity index (χ3n) is 11.3. The third-order valence-corrected chi connectivity index (χ3v) is 11.3. The van der Waals surface area contributed by atoms with Gasteiger partial charge in [-0.1, -0.05) is 193 Å². The quantitative estimate of drug-likeness (QED) is 0.166. The van der Waals surface area contributed by atoms with Crippen molar-refractivity contribution in [3.8, 4) is 55.6 Å². The summed E-state index contributed by atoms with van der Waals surface area (Å²) in [5, 5.41) is -0.323. The Morgan fingerprint density at radius 3 is 1.75 bits per heavy atom. The van der Waals surface area contributed by atoms with Gasteiger partial charge in [0.15, 0.2) is 0 Å².